The van der Waals surface area contributed by atoms with E-state index in [9.17, 15) is 0 Å². The second kappa shape index (κ2) is 6.88. The van der Waals surface area contributed by atoms with Crippen molar-refractivity contribution in [2.75, 3.05) is 33.4 Å². The summed E-state index contributed by atoms with van der Waals surface area (Å²) in [6.45, 7) is 9.31. The SMILES string of the molecule is COCCCCN1CC(C2CC2)NCC1C(C)C. The van der Waals surface area contributed by atoms with Gasteiger partial charge in [0.05, 0.1) is 0 Å². The summed E-state index contributed by atoms with van der Waals surface area (Å²) in [6.07, 6.45) is 5.36. The van der Waals surface area contributed by atoms with Gasteiger partial charge in [0.25, 0.3) is 0 Å². The van der Waals surface area contributed by atoms with Gasteiger partial charge >= 0.3 is 0 Å². The van der Waals surface area contributed by atoms with Crippen LogP contribution < -0.4 is 5.32 Å². The first-order valence-electron chi connectivity index (χ1n) is 7.68. The van der Waals surface area contributed by atoms with Crippen LogP contribution in [0.1, 0.15) is 39.5 Å². The molecule has 0 amide bonds. The molecule has 0 spiro atoms. The van der Waals surface area contributed by atoms with Crippen molar-refractivity contribution in [1.29, 1.82) is 0 Å². The maximum Gasteiger partial charge on any atom is 0.0462 e. The zero-order valence-electron chi connectivity index (χ0n) is 12.3. The Morgan fingerprint density at radius 3 is 2.67 bits per heavy atom. The first kappa shape index (κ1) is 14.3. The number of methoxy groups -OCH3 is 1. The van der Waals surface area contributed by atoms with Gasteiger partial charge in [-0.2, -0.15) is 0 Å². The van der Waals surface area contributed by atoms with Crippen LogP contribution in [0.15, 0.2) is 0 Å². The lowest BCUT2D eigenvalue weighted by atomic mass is 9.96. The van der Waals surface area contributed by atoms with Crippen LogP contribution in [0, 0.1) is 11.8 Å². The van der Waals surface area contributed by atoms with Gasteiger partial charge in [-0.05, 0) is 44.1 Å². The molecule has 1 aliphatic heterocycles. The minimum absolute atomic E-state index is 0.725. The topological polar surface area (TPSA) is 24.5 Å². The fourth-order valence-corrected chi connectivity index (χ4v) is 3.14. The first-order valence-corrected chi connectivity index (χ1v) is 7.68. The molecule has 2 unspecified atom stereocenters. The van der Waals surface area contributed by atoms with Crippen molar-refractivity contribution in [3.8, 4) is 0 Å². The fourth-order valence-electron chi connectivity index (χ4n) is 3.14. The van der Waals surface area contributed by atoms with Crippen molar-refractivity contribution >= 4 is 0 Å². The van der Waals surface area contributed by atoms with Crippen molar-refractivity contribution < 1.29 is 4.74 Å². The molecule has 3 heteroatoms. The highest BCUT2D eigenvalue weighted by Crippen LogP contribution is 2.34. The third-order valence-corrected chi connectivity index (χ3v) is 4.49. The third kappa shape index (κ3) is 3.94. The van der Waals surface area contributed by atoms with Crippen LogP contribution in [0.2, 0.25) is 0 Å². The molecule has 0 aromatic rings. The van der Waals surface area contributed by atoms with E-state index in [4.69, 9.17) is 4.74 Å². The van der Waals surface area contributed by atoms with Crippen molar-refractivity contribution in [3.63, 3.8) is 0 Å². The molecule has 106 valence electrons. The van der Waals surface area contributed by atoms with E-state index in [1.165, 1.54) is 45.3 Å². The van der Waals surface area contributed by atoms with Gasteiger partial charge in [0.2, 0.25) is 0 Å². The molecular formula is C15H30N2O. The van der Waals surface area contributed by atoms with E-state index >= 15 is 0 Å². The number of hydrogen-bond donors (Lipinski definition) is 1. The summed E-state index contributed by atoms with van der Waals surface area (Å²) >= 11 is 0. The molecule has 1 saturated carbocycles. The molecule has 2 rings (SSSR count). The molecule has 2 atom stereocenters. The number of unbranched alkanes of at least 4 members (excludes halogenated alkanes) is 1. The summed E-state index contributed by atoms with van der Waals surface area (Å²) < 4.78 is 5.14. The smallest absolute Gasteiger partial charge is 0.0462 e. The molecule has 2 fully saturated rings. The highest BCUT2D eigenvalue weighted by Gasteiger charge is 2.37. The maximum absolute atomic E-state index is 5.14. The van der Waals surface area contributed by atoms with E-state index in [2.05, 4.69) is 24.1 Å². The van der Waals surface area contributed by atoms with Gasteiger partial charge in [-0.25, -0.2) is 0 Å². The second-order valence-corrected chi connectivity index (χ2v) is 6.36. The Balaban J connectivity index is 1.79. The Hall–Kier alpha value is -0.120. The van der Waals surface area contributed by atoms with E-state index in [0.717, 1.165) is 30.5 Å². The van der Waals surface area contributed by atoms with Crippen molar-refractivity contribution in [2.45, 2.75) is 51.6 Å². The van der Waals surface area contributed by atoms with Crippen molar-refractivity contribution in [3.05, 3.63) is 0 Å². The lowest BCUT2D eigenvalue weighted by Crippen LogP contribution is -2.59. The van der Waals surface area contributed by atoms with Crippen LogP contribution in [0.4, 0.5) is 0 Å². The Bertz CT molecular complexity index is 241. The Morgan fingerprint density at radius 2 is 2.06 bits per heavy atom. The highest BCUT2D eigenvalue weighted by atomic mass is 16.5. The largest absolute Gasteiger partial charge is 0.385 e. The van der Waals surface area contributed by atoms with E-state index in [-0.39, 0.29) is 0 Å². The summed E-state index contributed by atoms with van der Waals surface area (Å²) in [5.74, 6) is 1.72. The van der Waals surface area contributed by atoms with Gasteiger partial charge in [0, 0.05) is 38.9 Å². The number of hydrogen-bond acceptors (Lipinski definition) is 3. The standard InChI is InChI=1S/C15H30N2O/c1-12(2)15-10-16-14(13-6-7-13)11-17(15)8-4-5-9-18-3/h12-16H,4-11H2,1-3H3. The molecule has 1 heterocycles. The summed E-state index contributed by atoms with van der Waals surface area (Å²) in [7, 11) is 1.80. The highest BCUT2D eigenvalue weighted by molar-refractivity contribution is 4.95. The molecule has 0 aromatic heterocycles. The molecule has 0 bridgehead atoms. The van der Waals surface area contributed by atoms with E-state index in [1.54, 1.807) is 7.11 Å². The van der Waals surface area contributed by atoms with E-state index in [0.29, 0.717) is 0 Å². The van der Waals surface area contributed by atoms with Gasteiger partial charge < -0.3 is 10.1 Å². The molecule has 0 aromatic carbocycles. The molecule has 1 saturated heterocycles. The Labute approximate surface area is 112 Å². The number of ether oxygens (including phenoxy) is 1. The summed E-state index contributed by atoms with van der Waals surface area (Å²) in [4.78, 5) is 2.74. The maximum atomic E-state index is 5.14. The normalized spacial score (nSPS) is 30.0. The van der Waals surface area contributed by atoms with Crippen LogP contribution in [-0.4, -0.2) is 50.3 Å². The molecule has 3 nitrogen and oxygen atoms in total. The molecule has 0 radical (unpaired) electrons. The quantitative estimate of drug-likeness (QED) is 0.704. The van der Waals surface area contributed by atoms with E-state index < -0.39 is 0 Å². The van der Waals surface area contributed by atoms with Crippen LogP contribution in [0.5, 0.6) is 0 Å². The average molecular weight is 254 g/mol. The minimum Gasteiger partial charge on any atom is -0.385 e. The minimum atomic E-state index is 0.725. The lowest BCUT2D eigenvalue weighted by molar-refractivity contribution is 0.0871. The van der Waals surface area contributed by atoms with E-state index in [1.807, 2.05) is 0 Å². The number of rotatable bonds is 7. The summed E-state index contributed by atoms with van der Waals surface area (Å²) in [6, 6.07) is 1.49. The van der Waals surface area contributed by atoms with Crippen LogP contribution >= 0.6 is 0 Å². The number of nitrogens with one attached hydrogen (secondary N) is 1. The van der Waals surface area contributed by atoms with Gasteiger partial charge in [-0.3, -0.25) is 4.90 Å². The van der Waals surface area contributed by atoms with Crippen LogP contribution in [0.3, 0.4) is 0 Å². The zero-order valence-corrected chi connectivity index (χ0v) is 12.3. The summed E-state index contributed by atoms with van der Waals surface area (Å²) in [5, 5.41) is 3.78. The second-order valence-electron chi connectivity index (χ2n) is 6.36. The van der Waals surface area contributed by atoms with Gasteiger partial charge in [0.1, 0.15) is 0 Å². The predicted molar refractivity (Wildman–Crippen MR) is 75.8 cm³/mol. The molecular weight excluding hydrogens is 224 g/mol. The molecule has 18 heavy (non-hydrogen) atoms. The monoisotopic (exact) mass is 254 g/mol. The molecule has 2 aliphatic rings. The molecule has 1 N–H and O–H groups in total. The van der Waals surface area contributed by atoms with Gasteiger partial charge in [-0.1, -0.05) is 13.8 Å². The Morgan fingerprint density at radius 1 is 1.28 bits per heavy atom. The number of piperazine rings is 1. The third-order valence-electron chi connectivity index (χ3n) is 4.49. The fraction of sp³-hybridized carbons (Fsp3) is 1.00. The molecule has 1 aliphatic carbocycles. The first-order chi connectivity index (χ1) is 8.72. The Kier molecular flexibility index (Phi) is 5.46. The van der Waals surface area contributed by atoms with Gasteiger partial charge in [-0.15, -0.1) is 0 Å². The van der Waals surface area contributed by atoms with Crippen LogP contribution in [0.25, 0.3) is 0 Å². The van der Waals surface area contributed by atoms with Gasteiger partial charge in [0.15, 0.2) is 0 Å². The number of nitrogens with zero attached hydrogens (tertiary/aromatic N) is 1. The van der Waals surface area contributed by atoms with Crippen molar-refractivity contribution in [2.24, 2.45) is 11.8 Å². The average Bonchev–Trinajstić information content (AvgIpc) is 3.18. The zero-order chi connectivity index (χ0) is 13.0. The predicted octanol–water partition coefficient (Wildman–Crippen LogP) is 2.12. The van der Waals surface area contributed by atoms with Crippen LogP contribution in [-0.2, 0) is 4.74 Å². The lowest BCUT2D eigenvalue weighted by Gasteiger charge is -2.42. The van der Waals surface area contributed by atoms with Crippen molar-refractivity contribution in [1.82, 2.24) is 10.2 Å². The summed E-state index contributed by atoms with van der Waals surface area (Å²) in [5.41, 5.74) is 0.